The molecule has 1 aromatic carbocycles. The van der Waals surface area contributed by atoms with Crippen LogP contribution in [0.2, 0.25) is 0 Å². The highest BCUT2D eigenvalue weighted by molar-refractivity contribution is 7.98. The highest BCUT2D eigenvalue weighted by Crippen LogP contribution is 2.31. The Morgan fingerprint density at radius 3 is 2.71 bits per heavy atom. The summed E-state index contributed by atoms with van der Waals surface area (Å²) in [5.41, 5.74) is 1.15. The van der Waals surface area contributed by atoms with E-state index in [2.05, 4.69) is 0 Å². The summed E-state index contributed by atoms with van der Waals surface area (Å²) in [6.07, 6.45) is 2.38. The molecule has 1 unspecified atom stereocenters. The summed E-state index contributed by atoms with van der Waals surface area (Å²) >= 11 is 1.65. The number of aliphatic hydroxyl groups excluding tert-OH is 1. The molecule has 1 atom stereocenters. The average molecular weight is 212 g/mol. The van der Waals surface area contributed by atoms with Gasteiger partial charge in [0, 0.05) is 0 Å². The van der Waals surface area contributed by atoms with Gasteiger partial charge in [-0.1, -0.05) is 12.1 Å². The fraction of sp³-hybridized carbons (Fsp3) is 0.455. The number of methoxy groups -OCH3 is 1. The van der Waals surface area contributed by atoms with Crippen LogP contribution in [0.25, 0.3) is 0 Å². The van der Waals surface area contributed by atoms with Gasteiger partial charge in [0.2, 0.25) is 0 Å². The van der Waals surface area contributed by atoms with Crippen molar-refractivity contribution in [3.63, 3.8) is 0 Å². The Kier molecular flexibility index (Phi) is 4.29. The summed E-state index contributed by atoms with van der Waals surface area (Å²) in [4.78, 5) is 1.12. The van der Waals surface area contributed by atoms with E-state index < -0.39 is 0 Å². The lowest BCUT2D eigenvalue weighted by Crippen LogP contribution is -2.05. The first-order chi connectivity index (χ1) is 6.69. The summed E-state index contributed by atoms with van der Waals surface area (Å²) in [5, 5.41) is 9.34. The number of rotatable bonds is 4. The van der Waals surface area contributed by atoms with Gasteiger partial charge in [-0.05, 0) is 31.2 Å². The van der Waals surface area contributed by atoms with Crippen LogP contribution < -0.4 is 4.74 Å². The molecule has 0 fully saturated rings. The van der Waals surface area contributed by atoms with Crippen molar-refractivity contribution in [3.05, 3.63) is 23.8 Å². The van der Waals surface area contributed by atoms with Crippen LogP contribution in [-0.4, -0.2) is 24.6 Å². The number of hydrogen-bond donors (Lipinski definition) is 1. The first-order valence-electron chi connectivity index (χ1n) is 4.57. The van der Waals surface area contributed by atoms with Crippen molar-refractivity contribution in [2.45, 2.75) is 24.3 Å². The fourth-order valence-corrected chi connectivity index (χ4v) is 2.20. The number of hydrogen-bond acceptors (Lipinski definition) is 3. The van der Waals surface area contributed by atoms with Crippen molar-refractivity contribution >= 4 is 11.8 Å². The summed E-state index contributed by atoms with van der Waals surface area (Å²) < 4.78 is 5.26. The van der Waals surface area contributed by atoms with Gasteiger partial charge in [-0.15, -0.1) is 11.8 Å². The molecule has 78 valence electrons. The van der Waals surface area contributed by atoms with Crippen LogP contribution in [-0.2, 0) is 6.42 Å². The molecule has 1 N–H and O–H groups in total. The number of aliphatic hydroxyl groups is 1. The summed E-state index contributed by atoms with van der Waals surface area (Å²) in [6, 6.07) is 5.93. The van der Waals surface area contributed by atoms with Crippen molar-refractivity contribution in [3.8, 4) is 5.75 Å². The topological polar surface area (TPSA) is 29.5 Å². The highest BCUT2D eigenvalue weighted by Gasteiger charge is 2.09. The number of ether oxygens (including phenoxy) is 1. The molecule has 1 rings (SSSR count). The minimum absolute atomic E-state index is 0.312. The molecule has 0 radical (unpaired) electrons. The molecule has 0 aliphatic heterocycles. The molecular weight excluding hydrogens is 196 g/mol. The van der Waals surface area contributed by atoms with Crippen molar-refractivity contribution in [1.29, 1.82) is 0 Å². The third-order valence-corrected chi connectivity index (χ3v) is 2.87. The molecule has 0 spiro atoms. The van der Waals surface area contributed by atoms with E-state index in [0.717, 1.165) is 16.2 Å². The molecule has 3 heteroatoms. The molecule has 0 saturated carbocycles. The third-order valence-electron chi connectivity index (χ3n) is 2.00. The van der Waals surface area contributed by atoms with Gasteiger partial charge in [-0.2, -0.15) is 0 Å². The minimum atomic E-state index is -0.312. The van der Waals surface area contributed by atoms with Crippen LogP contribution in [0, 0.1) is 0 Å². The predicted molar refractivity (Wildman–Crippen MR) is 60.2 cm³/mol. The Bertz CT molecular complexity index is 297. The van der Waals surface area contributed by atoms with E-state index in [1.54, 1.807) is 25.8 Å². The van der Waals surface area contributed by atoms with Gasteiger partial charge in [-0.3, -0.25) is 0 Å². The first-order valence-corrected chi connectivity index (χ1v) is 5.79. The molecule has 1 aromatic rings. The summed E-state index contributed by atoms with van der Waals surface area (Å²) in [6.45, 7) is 1.80. The van der Waals surface area contributed by atoms with Gasteiger partial charge in [0.1, 0.15) is 5.75 Å². The lowest BCUT2D eigenvalue weighted by molar-refractivity contribution is 0.194. The molecule has 0 aliphatic carbocycles. The SMILES string of the molecule is COc1cccc(CC(C)O)c1SC. The Morgan fingerprint density at radius 2 is 2.21 bits per heavy atom. The van der Waals surface area contributed by atoms with Crippen molar-refractivity contribution in [2.75, 3.05) is 13.4 Å². The van der Waals surface area contributed by atoms with Gasteiger partial charge in [0.25, 0.3) is 0 Å². The standard InChI is InChI=1S/C11H16O2S/c1-8(12)7-9-5-4-6-10(13-2)11(9)14-3/h4-6,8,12H,7H2,1-3H3. The maximum absolute atomic E-state index is 9.34. The second-order valence-corrected chi connectivity index (χ2v) is 4.02. The van der Waals surface area contributed by atoms with E-state index in [1.807, 2.05) is 24.5 Å². The Hall–Kier alpha value is -0.670. The van der Waals surface area contributed by atoms with E-state index in [1.165, 1.54) is 0 Å². The molecule has 0 bridgehead atoms. The van der Waals surface area contributed by atoms with E-state index in [9.17, 15) is 5.11 Å². The van der Waals surface area contributed by atoms with Gasteiger partial charge in [-0.25, -0.2) is 0 Å². The monoisotopic (exact) mass is 212 g/mol. The van der Waals surface area contributed by atoms with Gasteiger partial charge in [0.05, 0.1) is 18.1 Å². The van der Waals surface area contributed by atoms with E-state index in [4.69, 9.17) is 4.74 Å². The maximum Gasteiger partial charge on any atom is 0.132 e. The quantitative estimate of drug-likeness (QED) is 0.777. The second kappa shape index (κ2) is 5.27. The third kappa shape index (κ3) is 2.66. The van der Waals surface area contributed by atoms with Crippen LogP contribution in [0.5, 0.6) is 5.75 Å². The molecule has 0 amide bonds. The molecule has 0 aromatic heterocycles. The van der Waals surface area contributed by atoms with Gasteiger partial charge in [0.15, 0.2) is 0 Å². The summed E-state index contributed by atoms with van der Waals surface area (Å²) in [7, 11) is 1.67. The van der Waals surface area contributed by atoms with E-state index in [0.29, 0.717) is 6.42 Å². The minimum Gasteiger partial charge on any atom is -0.496 e. The predicted octanol–water partition coefficient (Wildman–Crippen LogP) is 2.34. The van der Waals surface area contributed by atoms with Crippen molar-refractivity contribution < 1.29 is 9.84 Å². The zero-order valence-electron chi connectivity index (χ0n) is 8.78. The van der Waals surface area contributed by atoms with Gasteiger partial charge < -0.3 is 9.84 Å². The lowest BCUT2D eigenvalue weighted by Gasteiger charge is -2.12. The molecule has 2 nitrogen and oxygen atoms in total. The Balaban J connectivity index is 3.02. The summed E-state index contributed by atoms with van der Waals surface area (Å²) in [5.74, 6) is 0.885. The van der Waals surface area contributed by atoms with Crippen LogP contribution in [0.4, 0.5) is 0 Å². The van der Waals surface area contributed by atoms with Crippen LogP contribution in [0.3, 0.4) is 0 Å². The number of benzene rings is 1. The van der Waals surface area contributed by atoms with Crippen LogP contribution >= 0.6 is 11.8 Å². The highest BCUT2D eigenvalue weighted by atomic mass is 32.2. The molecular formula is C11H16O2S. The molecule has 0 saturated heterocycles. The lowest BCUT2D eigenvalue weighted by atomic mass is 10.1. The van der Waals surface area contributed by atoms with Crippen molar-refractivity contribution in [2.24, 2.45) is 0 Å². The average Bonchev–Trinajstić information content (AvgIpc) is 2.16. The largest absolute Gasteiger partial charge is 0.496 e. The second-order valence-electron chi connectivity index (χ2n) is 3.21. The zero-order valence-corrected chi connectivity index (χ0v) is 9.60. The normalized spacial score (nSPS) is 12.6. The van der Waals surface area contributed by atoms with E-state index in [-0.39, 0.29) is 6.10 Å². The van der Waals surface area contributed by atoms with Crippen LogP contribution in [0.1, 0.15) is 12.5 Å². The Labute approximate surface area is 89.3 Å². The fourth-order valence-electron chi connectivity index (χ4n) is 1.43. The number of thioether (sulfide) groups is 1. The molecule has 0 heterocycles. The van der Waals surface area contributed by atoms with E-state index >= 15 is 0 Å². The maximum atomic E-state index is 9.34. The molecule has 0 aliphatic rings. The first kappa shape index (κ1) is 11.4. The van der Waals surface area contributed by atoms with Gasteiger partial charge >= 0.3 is 0 Å². The zero-order chi connectivity index (χ0) is 10.6. The molecule has 14 heavy (non-hydrogen) atoms. The van der Waals surface area contributed by atoms with Crippen LogP contribution in [0.15, 0.2) is 23.1 Å². The smallest absolute Gasteiger partial charge is 0.132 e. The van der Waals surface area contributed by atoms with Crippen molar-refractivity contribution in [1.82, 2.24) is 0 Å². The Morgan fingerprint density at radius 1 is 1.50 bits per heavy atom.